The summed E-state index contributed by atoms with van der Waals surface area (Å²) in [5, 5.41) is 10.6. The number of carbonyl (C=O) groups is 1. The second kappa shape index (κ2) is 7.77. The molecule has 0 aliphatic carbocycles. The molecule has 21 heavy (non-hydrogen) atoms. The van der Waals surface area contributed by atoms with Crippen LogP contribution in [0.25, 0.3) is 0 Å². The van der Waals surface area contributed by atoms with Crippen LogP contribution in [0.4, 0.5) is 10.5 Å². The van der Waals surface area contributed by atoms with E-state index in [1.807, 2.05) is 0 Å². The maximum atomic E-state index is 11.1. The molecule has 1 aromatic carbocycles. The highest BCUT2D eigenvalue weighted by Gasteiger charge is 2.22. The number of ether oxygens (including phenoxy) is 2. The number of rotatable bonds is 7. The molecule has 0 amide bonds. The van der Waals surface area contributed by atoms with E-state index in [9.17, 15) is 14.9 Å². The first-order valence-electron chi connectivity index (χ1n) is 6.87. The zero-order chi connectivity index (χ0) is 15.9. The minimum absolute atomic E-state index is 0.101. The highest BCUT2D eigenvalue weighted by atomic mass is 28.3. The number of nitro groups is 1. The molecule has 0 fully saturated rings. The number of benzene rings is 1. The fourth-order valence-electron chi connectivity index (χ4n) is 1.95. The molecule has 0 aliphatic rings. The lowest BCUT2D eigenvalue weighted by molar-refractivity contribution is -0.384. The summed E-state index contributed by atoms with van der Waals surface area (Å²) in [5.74, 6) is 0. The Hall–Kier alpha value is -1.89. The molecule has 116 valence electrons. The summed E-state index contributed by atoms with van der Waals surface area (Å²) in [5.41, 5.74) is 1.18. The van der Waals surface area contributed by atoms with E-state index in [0.717, 1.165) is 17.7 Å². The van der Waals surface area contributed by atoms with Gasteiger partial charge in [0.1, 0.15) is 0 Å². The average molecular weight is 311 g/mol. The van der Waals surface area contributed by atoms with Gasteiger partial charge in [0, 0.05) is 12.1 Å². The molecule has 0 unspecified atom stereocenters. The standard InChI is InChI=1S/C14H21NO5Si/c1-4-19-14(16)20-9-10-21(2,3)11-12-5-7-13(8-6-12)15(17)18/h5-8H,4,9-11H2,1-3H3. The van der Waals surface area contributed by atoms with Gasteiger partial charge < -0.3 is 9.47 Å². The van der Waals surface area contributed by atoms with Crippen molar-refractivity contribution in [2.75, 3.05) is 13.2 Å². The van der Waals surface area contributed by atoms with E-state index in [1.165, 1.54) is 12.1 Å². The van der Waals surface area contributed by atoms with E-state index in [4.69, 9.17) is 9.47 Å². The number of carbonyl (C=O) groups excluding carboxylic acids is 1. The molecule has 0 aliphatic heterocycles. The molecule has 0 atom stereocenters. The molecular weight excluding hydrogens is 290 g/mol. The highest BCUT2D eigenvalue weighted by molar-refractivity contribution is 6.76. The Labute approximate surface area is 125 Å². The summed E-state index contributed by atoms with van der Waals surface area (Å²) in [4.78, 5) is 21.3. The normalized spacial score (nSPS) is 11.0. The van der Waals surface area contributed by atoms with Crippen molar-refractivity contribution in [2.45, 2.75) is 32.1 Å². The highest BCUT2D eigenvalue weighted by Crippen LogP contribution is 2.19. The van der Waals surface area contributed by atoms with Crippen LogP contribution in [0, 0.1) is 10.1 Å². The van der Waals surface area contributed by atoms with Crippen LogP contribution in [-0.2, 0) is 15.5 Å². The Morgan fingerprint density at radius 2 is 1.86 bits per heavy atom. The van der Waals surface area contributed by atoms with Crippen molar-refractivity contribution in [2.24, 2.45) is 0 Å². The zero-order valence-corrected chi connectivity index (χ0v) is 13.6. The monoisotopic (exact) mass is 311 g/mol. The van der Waals surface area contributed by atoms with Crippen molar-refractivity contribution in [1.29, 1.82) is 0 Å². The van der Waals surface area contributed by atoms with Crippen LogP contribution in [-0.4, -0.2) is 32.4 Å². The second-order valence-electron chi connectivity index (χ2n) is 5.55. The Morgan fingerprint density at radius 3 is 2.38 bits per heavy atom. The molecule has 0 aromatic heterocycles. The van der Waals surface area contributed by atoms with Gasteiger partial charge in [0.2, 0.25) is 0 Å². The molecule has 1 aromatic rings. The Kier molecular flexibility index (Phi) is 6.35. The lowest BCUT2D eigenvalue weighted by Crippen LogP contribution is -2.31. The Balaban J connectivity index is 2.47. The molecular formula is C14H21NO5Si. The molecule has 0 saturated carbocycles. The van der Waals surface area contributed by atoms with Gasteiger partial charge in [-0.25, -0.2) is 4.79 Å². The van der Waals surface area contributed by atoms with E-state index in [-0.39, 0.29) is 5.69 Å². The number of non-ortho nitro benzene ring substituents is 1. The third kappa shape index (κ3) is 6.39. The quantitative estimate of drug-likeness (QED) is 0.333. The van der Waals surface area contributed by atoms with Crippen LogP contribution in [0.1, 0.15) is 12.5 Å². The largest absolute Gasteiger partial charge is 0.508 e. The molecule has 0 radical (unpaired) electrons. The van der Waals surface area contributed by atoms with Gasteiger partial charge in [-0.15, -0.1) is 0 Å². The van der Waals surface area contributed by atoms with Crippen LogP contribution >= 0.6 is 0 Å². The first kappa shape index (κ1) is 17.2. The van der Waals surface area contributed by atoms with Gasteiger partial charge in [0.05, 0.1) is 26.2 Å². The second-order valence-corrected chi connectivity index (χ2v) is 10.7. The van der Waals surface area contributed by atoms with Crippen LogP contribution in [0.2, 0.25) is 19.1 Å². The molecule has 0 heterocycles. The van der Waals surface area contributed by atoms with Gasteiger partial charge in [-0.1, -0.05) is 30.8 Å². The fraction of sp³-hybridized carbons (Fsp3) is 0.500. The summed E-state index contributed by atoms with van der Waals surface area (Å²) < 4.78 is 9.69. The molecule has 1 rings (SSSR count). The van der Waals surface area contributed by atoms with E-state index >= 15 is 0 Å². The Morgan fingerprint density at radius 1 is 1.24 bits per heavy atom. The molecule has 6 nitrogen and oxygen atoms in total. The van der Waals surface area contributed by atoms with E-state index in [2.05, 4.69) is 13.1 Å². The van der Waals surface area contributed by atoms with Crippen LogP contribution < -0.4 is 0 Å². The maximum absolute atomic E-state index is 11.1. The van der Waals surface area contributed by atoms with Crippen molar-refractivity contribution in [3.05, 3.63) is 39.9 Å². The number of nitrogens with zero attached hydrogens (tertiary/aromatic N) is 1. The van der Waals surface area contributed by atoms with Gasteiger partial charge in [-0.3, -0.25) is 10.1 Å². The van der Waals surface area contributed by atoms with Crippen molar-refractivity contribution in [3.8, 4) is 0 Å². The van der Waals surface area contributed by atoms with Crippen LogP contribution in [0.15, 0.2) is 24.3 Å². The fourth-order valence-corrected chi connectivity index (χ4v) is 4.12. The smallest absolute Gasteiger partial charge is 0.435 e. The summed E-state index contributed by atoms with van der Waals surface area (Å²) in [7, 11) is -1.58. The van der Waals surface area contributed by atoms with Gasteiger partial charge >= 0.3 is 6.16 Å². The lowest BCUT2D eigenvalue weighted by Gasteiger charge is -2.22. The molecule has 0 bridgehead atoms. The molecule has 0 N–H and O–H groups in total. The van der Waals surface area contributed by atoms with Gasteiger partial charge in [-0.05, 0) is 19.0 Å². The van der Waals surface area contributed by atoms with Crippen LogP contribution in [0.3, 0.4) is 0 Å². The third-order valence-corrected chi connectivity index (χ3v) is 6.01. The Bertz CT molecular complexity index is 487. The van der Waals surface area contributed by atoms with Gasteiger partial charge in [0.25, 0.3) is 5.69 Å². The van der Waals surface area contributed by atoms with Crippen molar-refractivity contribution in [3.63, 3.8) is 0 Å². The lowest BCUT2D eigenvalue weighted by atomic mass is 10.2. The minimum Gasteiger partial charge on any atom is -0.435 e. The number of hydrogen-bond donors (Lipinski definition) is 0. The van der Waals surface area contributed by atoms with Crippen molar-refractivity contribution in [1.82, 2.24) is 0 Å². The molecule has 0 spiro atoms. The molecule has 7 heteroatoms. The van der Waals surface area contributed by atoms with Crippen LogP contribution in [0.5, 0.6) is 0 Å². The third-order valence-electron chi connectivity index (χ3n) is 3.09. The number of hydrogen-bond acceptors (Lipinski definition) is 5. The first-order valence-corrected chi connectivity index (χ1v) is 10.3. The number of nitro benzene ring substituents is 1. The maximum Gasteiger partial charge on any atom is 0.508 e. The summed E-state index contributed by atoms with van der Waals surface area (Å²) in [6.07, 6.45) is -0.627. The van der Waals surface area contributed by atoms with Gasteiger partial charge in [-0.2, -0.15) is 0 Å². The predicted octanol–water partition coefficient (Wildman–Crippen LogP) is 3.56. The average Bonchev–Trinajstić information content (AvgIpc) is 2.38. The van der Waals surface area contributed by atoms with E-state index in [0.29, 0.717) is 13.2 Å². The SMILES string of the molecule is CCOC(=O)OCC[Si](C)(C)Cc1ccc([N+](=O)[O-])cc1. The minimum atomic E-state index is -1.58. The van der Waals surface area contributed by atoms with Crippen molar-refractivity contribution >= 4 is 19.9 Å². The topological polar surface area (TPSA) is 78.7 Å². The van der Waals surface area contributed by atoms with Gasteiger partial charge in [0.15, 0.2) is 0 Å². The zero-order valence-electron chi connectivity index (χ0n) is 12.6. The summed E-state index contributed by atoms with van der Waals surface area (Å²) >= 11 is 0. The summed E-state index contributed by atoms with van der Waals surface area (Å²) in [6.45, 7) is 6.79. The molecule has 0 saturated heterocycles. The van der Waals surface area contributed by atoms with E-state index in [1.54, 1.807) is 19.1 Å². The van der Waals surface area contributed by atoms with Crippen molar-refractivity contribution < 1.29 is 19.2 Å². The van der Waals surface area contributed by atoms with E-state index < -0.39 is 19.2 Å². The predicted molar refractivity (Wildman–Crippen MR) is 82.1 cm³/mol. The summed E-state index contributed by atoms with van der Waals surface area (Å²) in [6, 6.07) is 8.34. The first-order chi connectivity index (χ1) is 9.84.